The molecule has 8 heteroatoms. The van der Waals surface area contributed by atoms with E-state index in [4.69, 9.17) is 5.73 Å². The molecule has 0 unspecified atom stereocenters. The van der Waals surface area contributed by atoms with Gasteiger partial charge >= 0.3 is 0 Å². The lowest BCUT2D eigenvalue weighted by Crippen LogP contribution is -2.50. The average molecular weight is 418 g/mol. The molecule has 3 aromatic rings. The van der Waals surface area contributed by atoms with Crippen LogP contribution < -0.4 is 11.2 Å². The molecule has 5 rings (SSSR count). The van der Waals surface area contributed by atoms with Crippen LogP contribution in [0.5, 0.6) is 0 Å². The number of nitrogens with one attached hydrogen (secondary N) is 1. The van der Waals surface area contributed by atoms with Crippen molar-refractivity contribution in [3.8, 4) is 22.5 Å². The number of nitrogen functional groups attached to an aromatic ring is 1. The van der Waals surface area contributed by atoms with Crippen molar-refractivity contribution in [1.29, 1.82) is 0 Å². The Morgan fingerprint density at radius 3 is 2.45 bits per heavy atom. The van der Waals surface area contributed by atoms with Gasteiger partial charge in [0.1, 0.15) is 5.82 Å². The van der Waals surface area contributed by atoms with Crippen LogP contribution in [0.2, 0.25) is 0 Å². The van der Waals surface area contributed by atoms with Gasteiger partial charge in [0.05, 0.1) is 17.0 Å². The standard InChI is InChI=1S/C23H23FN6O/c1-29-8-10-30(11-9-29)26-13-14-2-7-17-18(12-14)21-19(22(17)31)20(27-23(25)28-21)15-3-5-16(24)6-4-15/h2-7,12,26H,8-11,13H2,1H3,(H2,25,27,28). The number of nitrogens with zero attached hydrogens (tertiary/aromatic N) is 4. The molecule has 1 aliphatic heterocycles. The molecule has 31 heavy (non-hydrogen) atoms. The maximum atomic E-state index is 13.4. The number of nitrogens with two attached hydrogens (primary N) is 1. The SMILES string of the molecule is CN1CCN(NCc2ccc3c(c2)-c2nc(N)nc(-c4ccc(F)cc4)c2C3=O)CC1. The van der Waals surface area contributed by atoms with Crippen molar-refractivity contribution in [3.63, 3.8) is 0 Å². The number of hydrogen-bond donors (Lipinski definition) is 2. The van der Waals surface area contributed by atoms with E-state index in [9.17, 15) is 9.18 Å². The molecule has 0 radical (unpaired) electrons. The zero-order chi connectivity index (χ0) is 21.5. The Bertz CT molecular complexity index is 1160. The van der Waals surface area contributed by atoms with Gasteiger partial charge in [0.2, 0.25) is 5.95 Å². The largest absolute Gasteiger partial charge is 0.368 e. The number of aromatic nitrogens is 2. The Labute approximate surface area is 179 Å². The number of piperazine rings is 1. The fourth-order valence-corrected chi connectivity index (χ4v) is 4.10. The van der Waals surface area contributed by atoms with Crippen molar-refractivity contribution in [1.82, 2.24) is 25.3 Å². The van der Waals surface area contributed by atoms with Crippen molar-refractivity contribution in [2.45, 2.75) is 6.54 Å². The summed E-state index contributed by atoms with van der Waals surface area (Å²) < 4.78 is 13.4. The first-order valence-corrected chi connectivity index (χ1v) is 10.3. The molecule has 1 fully saturated rings. The monoisotopic (exact) mass is 418 g/mol. The normalized spacial score (nSPS) is 16.4. The van der Waals surface area contributed by atoms with Gasteiger partial charge in [-0.05, 0) is 42.9 Å². The first kappa shape index (κ1) is 19.7. The van der Waals surface area contributed by atoms with Gasteiger partial charge in [0.15, 0.2) is 5.78 Å². The summed E-state index contributed by atoms with van der Waals surface area (Å²) in [4.78, 5) is 24.2. The van der Waals surface area contributed by atoms with Gasteiger partial charge in [-0.3, -0.25) is 10.2 Å². The molecule has 7 nitrogen and oxygen atoms in total. The third-order valence-corrected chi connectivity index (χ3v) is 5.86. The van der Waals surface area contributed by atoms with Gasteiger partial charge in [0, 0.05) is 49.4 Å². The van der Waals surface area contributed by atoms with Crippen LogP contribution in [-0.2, 0) is 6.54 Å². The van der Waals surface area contributed by atoms with Gasteiger partial charge in [-0.15, -0.1) is 0 Å². The van der Waals surface area contributed by atoms with Crippen LogP contribution in [0.25, 0.3) is 22.5 Å². The second-order valence-corrected chi connectivity index (χ2v) is 8.00. The summed E-state index contributed by atoms with van der Waals surface area (Å²) in [6.45, 7) is 4.65. The first-order chi connectivity index (χ1) is 15.0. The highest BCUT2D eigenvalue weighted by Gasteiger charge is 2.32. The smallest absolute Gasteiger partial charge is 0.221 e. The first-order valence-electron chi connectivity index (χ1n) is 10.3. The summed E-state index contributed by atoms with van der Waals surface area (Å²) in [7, 11) is 2.13. The van der Waals surface area contributed by atoms with Crippen LogP contribution in [0.15, 0.2) is 42.5 Å². The molecule has 158 valence electrons. The Balaban J connectivity index is 1.47. The summed E-state index contributed by atoms with van der Waals surface area (Å²) in [5, 5.41) is 2.22. The lowest BCUT2D eigenvalue weighted by molar-refractivity contribution is 0.102. The van der Waals surface area contributed by atoms with E-state index in [0.717, 1.165) is 37.3 Å². The van der Waals surface area contributed by atoms with Gasteiger partial charge in [-0.2, -0.15) is 0 Å². The van der Waals surface area contributed by atoms with Crippen LogP contribution in [0.3, 0.4) is 0 Å². The summed E-state index contributed by atoms with van der Waals surface area (Å²) in [6, 6.07) is 11.7. The number of hydrogen-bond acceptors (Lipinski definition) is 7. The highest BCUT2D eigenvalue weighted by molar-refractivity contribution is 6.23. The molecule has 0 spiro atoms. The zero-order valence-electron chi connectivity index (χ0n) is 17.2. The average Bonchev–Trinajstić information content (AvgIpc) is 3.05. The summed E-state index contributed by atoms with van der Waals surface area (Å²) in [5.74, 6) is -0.405. The lowest BCUT2D eigenvalue weighted by Gasteiger charge is -2.32. The number of fused-ring (bicyclic) bond motifs is 3. The van der Waals surface area contributed by atoms with E-state index in [1.54, 1.807) is 12.1 Å². The molecule has 1 aliphatic carbocycles. The third-order valence-electron chi connectivity index (χ3n) is 5.86. The molecular weight excluding hydrogens is 395 g/mol. The maximum absolute atomic E-state index is 13.4. The number of benzene rings is 2. The van der Waals surface area contributed by atoms with E-state index in [1.807, 2.05) is 18.2 Å². The lowest BCUT2D eigenvalue weighted by atomic mass is 10.0. The molecule has 0 amide bonds. The molecule has 0 saturated carbocycles. The van der Waals surface area contributed by atoms with Crippen molar-refractivity contribution in [2.24, 2.45) is 0 Å². The van der Waals surface area contributed by atoms with Crippen LogP contribution in [0.1, 0.15) is 21.5 Å². The number of ketones is 1. The molecule has 2 heterocycles. The minimum atomic E-state index is -0.352. The number of carbonyl (C=O) groups is 1. The Morgan fingerprint density at radius 1 is 1.00 bits per heavy atom. The quantitative estimate of drug-likeness (QED) is 0.526. The molecule has 0 bridgehead atoms. The maximum Gasteiger partial charge on any atom is 0.221 e. The molecular formula is C23H23FN6O. The number of anilines is 1. The number of likely N-dealkylation sites (N-methyl/N-ethyl adjacent to an activating group) is 1. The van der Waals surface area contributed by atoms with Gasteiger partial charge in [0.25, 0.3) is 0 Å². The molecule has 1 saturated heterocycles. The van der Waals surface area contributed by atoms with E-state index in [2.05, 4.69) is 32.4 Å². The van der Waals surface area contributed by atoms with E-state index >= 15 is 0 Å². The van der Waals surface area contributed by atoms with E-state index < -0.39 is 0 Å². The fraction of sp³-hybridized carbons (Fsp3) is 0.261. The Morgan fingerprint density at radius 2 is 1.71 bits per heavy atom. The van der Waals surface area contributed by atoms with E-state index in [0.29, 0.717) is 34.6 Å². The molecule has 0 atom stereocenters. The minimum absolute atomic E-state index is 0.0830. The van der Waals surface area contributed by atoms with E-state index in [-0.39, 0.29) is 17.5 Å². The van der Waals surface area contributed by atoms with Crippen molar-refractivity contribution in [3.05, 3.63) is 65.0 Å². The highest BCUT2D eigenvalue weighted by atomic mass is 19.1. The fourth-order valence-electron chi connectivity index (χ4n) is 4.10. The molecule has 2 aromatic carbocycles. The minimum Gasteiger partial charge on any atom is -0.368 e. The van der Waals surface area contributed by atoms with Gasteiger partial charge in [-0.1, -0.05) is 12.1 Å². The Kier molecular flexibility index (Phi) is 4.97. The van der Waals surface area contributed by atoms with E-state index in [1.165, 1.54) is 12.1 Å². The second-order valence-electron chi connectivity index (χ2n) is 8.00. The summed E-state index contributed by atoms with van der Waals surface area (Å²) >= 11 is 0. The van der Waals surface area contributed by atoms with Gasteiger partial charge < -0.3 is 10.6 Å². The molecule has 3 N–H and O–H groups in total. The van der Waals surface area contributed by atoms with Gasteiger partial charge in [-0.25, -0.2) is 19.4 Å². The number of rotatable bonds is 4. The third kappa shape index (κ3) is 3.69. The predicted molar refractivity (Wildman–Crippen MR) is 117 cm³/mol. The van der Waals surface area contributed by atoms with Crippen LogP contribution in [0.4, 0.5) is 10.3 Å². The highest BCUT2D eigenvalue weighted by Crippen LogP contribution is 2.40. The summed E-state index contributed by atoms with van der Waals surface area (Å²) in [5.41, 5.74) is 13.9. The Hall–Kier alpha value is -3.20. The predicted octanol–water partition coefficient (Wildman–Crippen LogP) is 2.33. The van der Waals surface area contributed by atoms with Crippen molar-refractivity contribution in [2.75, 3.05) is 39.0 Å². The van der Waals surface area contributed by atoms with Crippen molar-refractivity contribution < 1.29 is 9.18 Å². The topological polar surface area (TPSA) is 87.4 Å². The number of halogens is 1. The zero-order valence-corrected chi connectivity index (χ0v) is 17.2. The number of carbonyl (C=O) groups excluding carboxylic acids is 1. The van der Waals surface area contributed by atoms with Crippen LogP contribution in [0, 0.1) is 5.82 Å². The summed E-state index contributed by atoms with van der Waals surface area (Å²) in [6.07, 6.45) is 0. The van der Waals surface area contributed by atoms with Crippen molar-refractivity contribution >= 4 is 11.7 Å². The molecule has 1 aromatic heterocycles. The van der Waals surface area contributed by atoms with Crippen LogP contribution in [-0.4, -0.2) is 58.9 Å². The number of hydrazine groups is 1. The second kappa shape index (κ2) is 7.81. The van der Waals surface area contributed by atoms with Crippen LogP contribution >= 0.6 is 0 Å². The molecule has 2 aliphatic rings.